The first-order valence-electron chi connectivity index (χ1n) is 8.75. The van der Waals surface area contributed by atoms with E-state index in [-0.39, 0.29) is 6.09 Å². The maximum atomic E-state index is 11.0. The van der Waals surface area contributed by atoms with E-state index >= 15 is 0 Å². The zero-order valence-corrected chi connectivity index (χ0v) is 15.6. The average Bonchev–Trinajstić information content (AvgIpc) is 2.62. The monoisotopic (exact) mass is 351 g/mol. The zero-order valence-electron chi connectivity index (χ0n) is 14.8. The number of methoxy groups -OCH3 is 1. The quantitative estimate of drug-likeness (QED) is 0.576. The summed E-state index contributed by atoms with van der Waals surface area (Å²) >= 11 is 1.92. The molecule has 1 aromatic rings. The number of rotatable bonds is 8. The van der Waals surface area contributed by atoms with Gasteiger partial charge in [0.1, 0.15) is 0 Å². The molecular weight excluding hydrogens is 322 g/mol. The number of carbonyl (C=O) groups is 1. The van der Waals surface area contributed by atoms with E-state index in [1.54, 1.807) is 0 Å². The number of thioether (sulfide) groups is 1. The number of unbranched alkanes of at least 4 members (excludes halogenated alkanes) is 1. The number of anilines is 1. The molecule has 0 bridgehead atoms. The largest absolute Gasteiger partial charge is 0.453 e. The normalized spacial score (nSPS) is 15.3. The molecule has 1 N–H and O–H groups in total. The third-order valence-corrected chi connectivity index (χ3v) is 5.18. The molecule has 0 aliphatic carbocycles. The molecule has 1 aliphatic rings. The van der Waals surface area contributed by atoms with Gasteiger partial charge in [0.05, 0.1) is 12.8 Å². The maximum absolute atomic E-state index is 11.0. The fourth-order valence-corrected chi connectivity index (χ4v) is 3.76. The SMILES string of the molecule is CCSc1ccccc1N1CCN(CCCCNC(=O)OC)CC1. The van der Waals surface area contributed by atoms with Crippen molar-refractivity contribution in [1.82, 2.24) is 10.2 Å². The van der Waals surface area contributed by atoms with Crippen LogP contribution in [0.3, 0.4) is 0 Å². The van der Waals surface area contributed by atoms with Crippen LogP contribution in [0.15, 0.2) is 29.2 Å². The molecule has 24 heavy (non-hydrogen) atoms. The van der Waals surface area contributed by atoms with E-state index in [4.69, 9.17) is 0 Å². The van der Waals surface area contributed by atoms with Gasteiger partial charge in [-0.2, -0.15) is 0 Å². The van der Waals surface area contributed by atoms with Gasteiger partial charge in [-0.25, -0.2) is 4.79 Å². The number of alkyl carbamates (subject to hydrolysis) is 1. The van der Waals surface area contributed by atoms with Crippen molar-refractivity contribution >= 4 is 23.5 Å². The van der Waals surface area contributed by atoms with Gasteiger partial charge in [-0.05, 0) is 37.3 Å². The molecule has 0 radical (unpaired) electrons. The fraction of sp³-hybridized carbons (Fsp3) is 0.611. The number of hydrogen-bond acceptors (Lipinski definition) is 5. The van der Waals surface area contributed by atoms with Gasteiger partial charge in [0.25, 0.3) is 0 Å². The average molecular weight is 352 g/mol. The van der Waals surface area contributed by atoms with Crippen LogP contribution in [0.1, 0.15) is 19.8 Å². The predicted molar refractivity (Wildman–Crippen MR) is 101 cm³/mol. The molecular formula is C18H29N3O2S. The van der Waals surface area contributed by atoms with Crippen LogP contribution in [-0.4, -0.2) is 63.1 Å². The second-order valence-electron chi connectivity index (χ2n) is 5.85. The summed E-state index contributed by atoms with van der Waals surface area (Å²) < 4.78 is 4.56. The smallest absolute Gasteiger partial charge is 0.406 e. The number of nitrogens with one attached hydrogen (secondary N) is 1. The molecule has 134 valence electrons. The summed E-state index contributed by atoms with van der Waals surface area (Å²) in [5, 5.41) is 2.73. The lowest BCUT2D eigenvalue weighted by Crippen LogP contribution is -2.46. The third kappa shape index (κ3) is 5.91. The van der Waals surface area contributed by atoms with Crippen LogP contribution < -0.4 is 10.2 Å². The topological polar surface area (TPSA) is 44.8 Å². The van der Waals surface area contributed by atoms with Gasteiger partial charge >= 0.3 is 6.09 Å². The van der Waals surface area contributed by atoms with E-state index in [0.717, 1.165) is 51.3 Å². The fourth-order valence-electron chi connectivity index (χ4n) is 2.93. The van der Waals surface area contributed by atoms with Gasteiger partial charge in [-0.1, -0.05) is 19.1 Å². The molecule has 1 aromatic carbocycles. The highest BCUT2D eigenvalue weighted by molar-refractivity contribution is 7.99. The van der Waals surface area contributed by atoms with E-state index in [0.29, 0.717) is 6.54 Å². The molecule has 1 fully saturated rings. The minimum Gasteiger partial charge on any atom is -0.453 e. The number of benzene rings is 1. The number of ether oxygens (including phenoxy) is 1. The summed E-state index contributed by atoms with van der Waals surface area (Å²) in [7, 11) is 1.39. The number of para-hydroxylation sites is 1. The maximum Gasteiger partial charge on any atom is 0.406 e. The lowest BCUT2D eigenvalue weighted by Gasteiger charge is -2.37. The highest BCUT2D eigenvalue weighted by Gasteiger charge is 2.18. The van der Waals surface area contributed by atoms with Crippen molar-refractivity contribution in [2.24, 2.45) is 0 Å². The summed E-state index contributed by atoms with van der Waals surface area (Å²) in [4.78, 5) is 17.4. The molecule has 5 nitrogen and oxygen atoms in total. The van der Waals surface area contributed by atoms with Crippen LogP contribution in [0.4, 0.5) is 10.5 Å². The summed E-state index contributed by atoms with van der Waals surface area (Å²) in [6.45, 7) is 8.37. The van der Waals surface area contributed by atoms with Gasteiger partial charge in [0.2, 0.25) is 0 Å². The van der Waals surface area contributed by atoms with Crippen LogP contribution in [0.2, 0.25) is 0 Å². The summed E-state index contributed by atoms with van der Waals surface area (Å²) in [6.07, 6.45) is 1.75. The first-order chi connectivity index (χ1) is 11.7. The number of hydrogen-bond donors (Lipinski definition) is 1. The molecule has 0 saturated carbocycles. The third-order valence-electron chi connectivity index (χ3n) is 4.23. The molecule has 2 rings (SSSR count). The van der Waals surface area contributed by atoms with Gasteiger partial charge in [-0.15, -0.1) is 11.8 Å². The van der Waals surface area contributed by atoms with E-state index in [1.807, 2.05) is 11.8 Å². The minimum atomic E-state index is -0.341. The first kappa shape index (κ1) is 18.9. The van der Waals surface area contributed by atoms with E-state index in [1.165, 1.54) is 17.7 Å². The standard InChI is InChI=1S/C18H29N3O2S/c1-3-24-17-9-5-4-8-16(17)21-14-12-20(13-15-21)11-7-6-10-19-18(22)23-2/h4-5,8-9H,3,6-7,10-15H2,1-2H3,(H,19,22). The number of amides is 1. The van der Waals surface area contributed by atoms with Crippen LogP contribution >= 0.6 is 11.8 Å². The molecule has 0 spiro atoms. The molecule has 1 aliphatic heterocycles. The molecule has 1 amide bonds. The lowest BCUT2D eigenvalue weighted by atomic mass is 10.2. The van der Waals surface area contributed by atoms with Crippen molar-refractivity contribution < 1.29 is 9.53 Å². The van der Waals surface area contributed by atoms with Gasteiger partial charge in [0.15, 0.2) is 0 Å². The number of nitrogens with zero attached hydrogens (tertiary/aromatic N) is 2. The van der Waals surface area contributed by atoms with E-state index < -0.39 is 0 Å². The molecule has 1 saturated heterocycles. The van der Waals surface area contributed by atoms with E-state index in [2.05, 4.69) is 51.0 Å². The highest BCUT2D eigenvalue weighted by Crippen LogP contribution is 2.30. The van der Waals surface area contributed by atoms with Crippen LogP contribution in [0.5, 0.6) is 0 Å². The summed E-state index contributed by atoms with van der Waals surface area (Å²) in [5.41, 5.74) is 1.38. The number of carbonyl (C=O) groups excluding carboxylic acids is 1. The van der Waals surface area contributed by atoms with Crippen molar-refractivity contribution in [2.75, 3.05) is 57.0 Å². The van der Waals surface area contributed by atoms with Crippen molar-refractivity contribution in [1.29, 1.82) is 0 Å². The Bertz CT molecular complexity index is 505. The molecule has 1 heterocycles. The van der Waals surface area contributed by atoms with Crippen molar-refractivity contribution in [3.63, 3.8) is 0 Å². The van der Waals surface area contributed by atoms with Crippen molar-refractivity contribution in [2.45, 2.75) is 24.7 Å². The Hall–Kier alpha value is -1.40. The Morgan fingerprint density at radius 1 is 1.21 bits per heavy atom. The van der Waals surface area contributed by atoms with Crippen LogP contribution in [-0.2, 0) is 4.74 Å². The summed E-state index contributed by atoms with van der Waals surface area (Å²) in [6, 6.07) is 8.73. The predicted octanol–water partition coefficient (Wildman–Crippen LogP) is 3.06. The molecule has 0 atom stereocenters. The van der Waals surface area contributed by atoms with Crippen LogP contribution in [0, 0.1) is 0 Å². The minimum absolute atomic E-state index is 0.341. The van der Waals surface area contributed by atoms with E-state index in [9.17, 15) is 4.79 Å². The molecule has 0 unspecified atom stereocenters. The zero-order chi connectivity index (χ0) is 17.2. The molecule has 6 heteroatoms. The Morgan fingerprint density at radius 3 is 2.67 bits per heavy atom. The second-order valence-corrected chi connectivity index (χ2v) is 7.16. The van der Waals surface area contributed by atoms with Gasteiger partial charge in [-0.3, -0.25) is 4.90 Å². The van der Waals surface area contributed by atoms with Gasteiger partial charge < -0.3 is 15.0 Å². The molecule has 0 aromatic heterocycles. The highest BCUT2D eigenvalue weighted by atomic mass is 32.2. The summed E-state index contributed by atoms with van der Waals surface area (Å²) in [5.74, 6) is 1.11. The Morgan fingerprint density at radius 2 is 1.96 bits per heavy atom. The Kier molecular flexibility index (Phi) is 8.25. The first-order valence-corrected chi connectivity index (χ1v) is 9.74. The van der Waals surface area contributed by atoms with Crippen LogP contribution in [0.25, 0.3) is 0 Å². The van der Waals surface area contributed by atoms with Crippen molar-refractivity contribution in [3.05, 3.63) is 24.3 Å². The Labute approximate surface area is 149 Å². The van der Waals surface area contributed by atoms with Gasteiger partial charge in [0, 0.05) is 37.6 Å². The van der Waals surface area contributed by atoms with Crippen molar-refractivity contribution in [3.8, 4) is 0 Å². The Balaban J connectivity index is 1.69. The second kappa shape index (κ2) is 10.5. The lowest BCUT2D eigenvalue weighted by molar-refractivity contribution is 0.170. The number of piperazine rings is 1.